The molecule has 94 valence electrons. The molecule has 0 amide bonds. The average Bonchev–Trinajstić information content (AvgIpc) is 2.29. The number of hydrogen-bond donors (Lipinski definition) is 3. The molecule has 0 bridgehead atoms. The van der Waals surface area contributed by atoms with E-state index in [0.29, 0.717) is 43.4 Å². The SMILES string of the molecule is CC(O)CCNc1cc2c(cc1N)OCCO2. The van der Waals surface area contributed by atoms with Crippen molar-refractivity contribution in [2.45, 2.75) is 19.4 Å². The minimum absolute atomic E-state index is 0.319. The Morgan fingerprint density at radius 2 is 2.00 bits per heavy atom. The third-order valence-electron chi connectivity index (χ3n) is 2.59. The van der Waals surface area contributed by atoms with Crippen LogP contribution in [0.5, 0.6) is 11.5 Å². The fourth-order valence-corrected chi connectivity index (χ4v) is 1.67. The normalized spacial score (nSPS) is 15.4. The predicted molar refractivity (Wildman–Crippen MR) is 66.6 cm³/mol. The Morgan fingerprint density at radius 1 is 1.35 bits per heavy atom. The molecule has 0 aromatic heterocycles. The molecule has 5 heteroatoms. The molecule has 1 unspecified atom stereocenters. The largest absolute Gasteiger partial charge is 0.486 e. The van der Waals surface area contributed by atoms with Gasteiger partial charge in [-0.1, -0.05) is 0 Å². The molecular formula is C12H18N2O3. The lowest BCUT2D eigenvalue weighted by Crippen LogP contribution is -2.16. The molecule has 0 aliphatic carbocycles. The van der Waals surface area contributed by atoms with Gasteiger partial charge in [0.1, 0.15) is 13.2 Å². The Hall–Kier alpha value is -1.62. The van der Waals surface area contributed by atoms with Gasteiger partial charge in [-0.05, 0) is 13.3 Å². The van der Waals surface area contributed by atoms with Crippen molar-refractivity contribution in [2.75, 3.05) is 30.8 Å². The van der Waals surface area contributed by atoms with Gasteiger partial charge in [-0.2, -0.15) is 0 Å². The van der Waals surface area contributed by atoms with Crippen LogP contribution in [0.1, 0.15) is 13.3 Å². The first-order valence-corrected chi connectivity index (χ1v) is 5.78. The van der Waals surface area contributed by atoms with Gasteiger partial charge in [0.15, 0.2) is 11.5 Å². The topological polar surface area (TPSA) is 76.7 Å². The molecule has 0 saturated heterocycles. The summed E-state index contributed by atoms with van der Waals surface area (Å²) in [6.45, 7) is 3.54. The van der Waals surface area contributed by atoms with E-state index < -0.39 is 0 Å². The summed E-state index contributed by atoms with van der Waals surface area (Å²) in [7, 11) is 0. The number of rotatable bonds is 4. The van der Waals surface area contributed by atoms with Gasteiger partial charge in [0, 0.05) is 18.7 Å². The van der Waals surface area contributed by atoms with Crippen molar-refractivity contribution in [3.05, 3.63) is 12.1 Å². The van der Waals surface area contributed by atoms with Crippen LogP contribution in [0.3, 0.4) is 0 Å². The van der Waals surface area contributed by atoms with E-state index in [0.717, 1.165) is 5.69 Å². The lowest BCUT2D eigenvalue weighted by atomic mass is 10.2. The smallest absolute Gasteiger partial charge is 0.163 e. The number of nitrogens with one attached hydrogen (secondary N) is 1. The third kappa shape index (κ3) is 2.94. The van der Waals surface area contributed by atoms with Crippen LogP contribution in [-0.4, -0.2) is 31.0 Å². The van der Waals surface area contributed by atoms with E-state index in [1.165, 1.54) is 0 Å². The van der Waals surface area contributed by atoms with Crippen molar-refractivity contribution in [2.24, 2.45) is 0 Å². The summed E-state index contributed by atoms with van der Waals surface area (Å²) in [5.74, 6) is 1.40. The summed E-state index contributed by atoms with van der Waals surface area (Å²) in [6, 6.07) is 3.60. The maximum absolute atomic E-state index is 9.18. The number of aliphatic hydroxyl groups excluding tert-OH is 1. The standard InChI is InChI=1S/C12H18N2O3/c1-8(15)2-3-14-10-7-12-11(6-9(10)13)16-4-5-17-12/h6-8,14-15H,2-5,13H2,1H3. The number of benzene rings is 1. The molecule has 17 heavy (non-hydrogen) atoms. The molecule has 2 rings (SSSR count). The number of anilines is 2. The number of ether oxygens (including phenoxy) is 2. The molecule has 1 aliphatic rings. The number of nitrogens with two attached hydrogens (primary N) is 1. The Balaban J connectivity index is 2.06. The van der Waals surface area contributed by atoms with E-state index in [9.17, 15) is 5.11 Å². The Morgan fingerprint density at radius 3 is 2.65 bits per heavy atom. The first kappa shape index (κ1) is 11.9. The molecule has 0 spiro atoms. The molecule has 1 atom stereocenters. The van der Waals surface area contributed by atoms with Gasteiger partial charge in [-0.15, -0.1) is 0 Å². The van der Waals surface area contributed by atoms with Gasteiger partial charge in [0.25, 0.3) is 0 Å². The van der Waals surface area contributed by atoms with Crippen LogP contribution in [0.2, 0.25) is 0 Å². The Kier molecular flexibility index (Phi) is 3.58. The minimum atomic E-state index is -0.319. The van der Waals surface area contributed by atoms with Gasteiger partial charge in [-0.25, -0.2) is 0 Å². The number of hydrogen-bond acceptors (Lipinski definition) is 5. The average molecular weight is 238 g/mol. The molecule has 1 aliphatic heterocycles. The number of fused-ring (bicyclic) bond motifs is 1. The van der Waals surface area contributed by atoms with Crippen LogP contribution in [0, 0.1) is 0 Å². The van der Waals surface area contributed by atoms with E-state index in [-0.39, 0.29) is 6.10 Å². The monoisotopic (exact) mass is 238 g/mol. The second kappa shape index (κ2) is 5.14. The maximum Gasteiger partial charge on any atom is 0.163 e. The highest BCUT2D eigenvalue weighted by atomic mass is 16.6. The van der Waals surface area contributed by atoms with Gasteiger partial charge < -0.3 is 25.6 Å². The fourth-order valence-electron chi connectivity index (χ4n) is 1.67. The van der Waals surface area contributed by atoms with E-state index in [1.807, 2.05) is 6.07 Å². The van der Waals surface area contributed by atoms with Crippen molar-refractivity contribution in [1.29, 1.82) is 0 Å². The number of nitrogen functional groups attached to an aromatic ring is 1. The lowest BCUT2D eigenvalue weighted by molar-refractivity contribution is 0.172. The van der Waals surface area contributed by atoms with Crippen LogP contribution in [0.25, 0.3) is 0 Å². The van der Waals surface area contributed by atoms with Crippen LogP contribution in [0.4, 0.5) is 11.4 Å². The maximum atomic E-state index is 9.18. The summed E-state index contributed by atoms with van der Waals surface area (Å²) in [4.78, 5) is 0. The van der Waals surface area contributed by atoms with Crippen molar-refractivity contribution < 1.29 is 14.6 Å². The molecule has 0 radical (unpaired) electrons. The zero-order valence-electron chi connectivity index (χ0n) is 9.90. The van der Waals surface area contributed by atoms with Gasteiger partial charge in [-0.3, -0.25) is 0 Å². The molecule has 1 aromatic carbocycles. The van der Waals surface area contributed by atoms with E-state index in [4.69, 9.17) is 15.2 Å². The summed E-state index contributed by atoms with van der Waals surface area (Å²) in [6.07, 6.45) is 0.356. The Labute approximate surface area is 101 Å². The third-order valence-corrected chi connectivity index (χ3v) is 2.59. The summed E-state index contributed by atoms with van der Waals surface area (Å²) < 4.78 is 10.9. The molecule has 1 aromatic rings. The van der Waals surface area contributed by atoms with Crippen molar-refractivity contribution in [1.82, 2.24) is 0 Å². The van der Waals surface area contributed by atoms with Crippen molar-refractivity contribution in [3.63, 3.8) is 0 Å². The number of aliphatic hydroxyl groups is 1. The van der Waals surface area contributed by atoms with Crippen LogP contribution >= 0.6 is 0 Å². The van der Waals surface area contributed by atoms with Crippen LogP contribution in [0.15, 0.2) is 12.1 Å². The fraction of sp³-hybridized carbons (Fsp3) is 0.500. The first-order valence-electron chi connectivity index (χ1n) is 5.78. The van der Waals surface area contributed by atoms with Gasteiger partial charge in [0.2, 0.25) is 0 Å². The molecule has 5 nitrogen and oxygen atoms in total. The summed E-state index contributed by atoms with van der Waals surface area (Å²) in [5.41, 5.74) is 7.34. The first-order chi connectivity index (χ1) is 8.16. The molecule has 4 N–H and O–H groups in total. The predicted octanol–water partition coefficient (Wildman–Crippen LogP) is 1.22. The highest BCUT2D eigenvalue weighted by molar-refractivity contribution is 5.72. The molecule has 0 fully saturated rings. The van der Waals surface area contributed by atoms with E-state index in [2.05, 4.69) is 5.32 Å². The highest BCUT2D eigenvalue weighted by Gasteiger charge is 2.14. The van der Waals surface area contributed by atoms with Crippen LogP contribution in [-0.2, 0) is 0 Å². The summed E-state index contributed by atoms with van der Waals surface area (Å²) >= 11 is 0. The van der Waals surface area contributed by atoms with Crippen LogP contribution < -0.4 is 20.5 Å². The second-order valence-corrected chi connectivity index (χ2v) is 4.15. The lowest BCUT2D eigenvalue weighted by Gasteiger charge is -2.20. The zero-order valence-corrected chi connectivity index (χ0v) is 9.90. The second-order valence-electron chi connectivity index (χ2n) is 4.15. The molecule has 0 saturated carbocycles. The quantitative estimate of drug-likeness (QED) is 0.688. The Bertz CT molecular complexity index is 394. The van der Waals surface area contributed by atoms with E-state index in [1.54, 1.807) is 13.0 Å². The van der Waals surface area contributed by atoms with Gasteiger partial charge in [0.05, 0.1) is 17.5 Å². The van der Waals surface area contributed by atoms with E-state index >= 15 is 0 Å². The van der Waals surface area contributed by atoms with Crippen molar-refractivity contribution in [3.8, 4) is 11.5 Å². The van der Waals surface area contributed by atoms with Gasteiger partial charge >= 0.3 is 0 Å². The minimum Gasteiger partial charge on any atom is -0.486 e. The summed E-state index contributed by atoms with van der Waals surface area (Å²) in [5, 5.41) is 12.3. The molecule has 1 heterocycles. The molecular weight excluding hydrogens is 220 g/mol. The zero-order chi connectivity index (χ0) is 12.3. The van der Waals surface area contributed by atoms with Crippen molar-refractivity contribution >= 4 is 11.4 Å². The highest BCUT2D eigenvalue weighted by Crippen LogP contribution is 2.36.